The fraction of sp³-hybridized carbons (Fsp3) is 0.176. The number of halogens is 1. The number of carbonyl (C=O) groups is 1. The number of nitrogens with one attached hydrogen (secondary N) is 1. The van der Waals surface area contributed by atoms with Crippen LogP contribution in [-0.2, 0) is 11.2 Å². The summed E-state index contributed by atoms with van der Waals surface area (Å²) in [5.74, 6) is 0.400. The smallest absolute Gasteiger partial charge is 0.239 e. The minimum atomic E-state index is -0.279. The second-order valence-electron chi connectivity index (χ2n) is 5.04. The summed E-state index contributed by atoms with van der Waals surface area (Å²) in [6.45, 7) is 0. The molecule has 0 aliphatic carbocycles. The van der Waals surface area contributed by atoms with Crippen LogP contribution in [-0.4, -0.2) is 23.4 Å². The first-order chi connectivity index (χ1) is 11.1. The van der Waals surface area contributed by atoms with Crippen LogP contribution >= 0.6 is 11.8 Å². The lowest BCUT2D eigenvalue weighted by atomic mass is 10.1. The van der Waals surface area contributed by atoms with Crippen molar-refractivity contribution in [3.8, 4) is 5.75 Å². The second-order valence-corrected chi connectivity index (χ2v) is 6.23. The Kier molecular flexibility index (Phi) is 4.62. The highest BCUT2D eigenvalue weighted by molar-refractivity contribution is 8.15. The second kappa shape index (κ2) is 6.83. The van der Waals surface area contributed by atoms with Gasteiger partial charge in [-0.3, -0.25) is 4.79 Å². The number of nitrogens with zero attached hydrogens (tertiary/aromatic N) is 1. The highest BCUT2D eigenvalue weighted by Crippen LogP contribution is 2.26. The molecule has 1 aliphatic rings. The third-order valence-electron chi connectivity index (χ3n) is 3.41. The molecule has 1 heterocycles. The van der Waals surface area contributed by atoms with Crippen molar-refractivity contribution in [3.63, 3.8) is 0 Å². The van der Waals surface area contributed by atoms with Gasteiger partial charge in [0.1, 0.15) is 11.6 Å². The summed E-state index contributed by atoms with van der Waals surface area (Å²) < 4.78 is 18.0. The molecule has 1 atom stereocenters. The Balaban J connectivity index is 1.68. The maximum atomic E-state index is 12.9. The summed E-state index contributed by atoms with van der Waals surface area (Å²) in [6.07, 6.45) is 0.540. The molecular weight excluding hydrogens is 315 g/mol. The molecular formula is C17H15FN2O2S. The molecule has 1 N–H and O–H groups in total. The van der Waals surface area contributed by atoms with E-state index in [1.54, 1.807) is 19.2 Å². The van der Waals surface area contributed by atoms with E-state index in [0.717, 1.165) is 17.0 Å². The third kappa shape index (κ3) is 3.90. The summed E-state index contributed by atoms with van der Waals surface area (Å²) in [5.41, 5.74) is 1.67. The number of hydrogen-bond donors (Lipinski definition) is 1. The Morgan fingerprint density at radius 3 is 2.52 bits per heavy atom. The summed E-state index contributed by atoms with van der Waals surface area (Å²) in [4.78, 5) is 16.5. The van der Waals surface area contributed by atoms with Crippen LogP contribution in [0.5, 0.6) is 5.75 Å². The van der Waals surface area contributed by atoms with E-state index in [-0.39, 0.29) is 17.0 Å². The van der Waals surface area contributed by atoms with Crippen molar-refractivity contribution in [1.82, 2.24) is 5.32 Å². The van der Waals surface area contributed by atoms with Gasteiger partial charge in [0.15, 0.2) is 5.17 Å². The van der Waals surface area contributed by atoms with Crippen LogP contribution in [0.1, 0.15) is 5.56 Å². The Hall–Kier alpha value is -2.34. The lowest BCUT2D eigenvalue weighted by Crippen LogP contribution is -2.25. The molecule has 4 nitrogen and oxygen atoms in total. The van der Waals surface area contributed by atoms with Crippen LogP contribution < -0.4 is 10.1 Å². The van der Waals surface area contributed by atoms with Gasteiger partial charge in [0.25, 0.3) is 0 Å². The van der Waals surface area contributed by atoms with E-state index in [9.17, 15) is 9.18 Å². The molecule has 0 bridgehead atoms. The number of benzene rings is 2. The molecule has 1 saturated heterocycles. The highest BCUT2D eigenvalue weighted by Gasteiger charge is 2.30. The molecule has 1 unspecified atom stereocenters. The number of carbonyl (C=O) groups excluding carboxylic acids is 1. The van der Waals surface area contributed by atoms with Gasteiger partial charge in [0.2, 0.25) is 5.91 Å². The third-order valence-corrected chi connectivity index (χ3v) is 4.50. The molecule has 2 aromatic carbocycles. The van der Waals surface area contributed by atoms with Crippen LogP contribution in [0, 0.1) is 5.82 Å². The molecule has 2 aromatic rings. The van der Waals surface area contributed by atoms with E-state index >= 15 is 0 Å². The Bertz CT molecular complexity index is 729. The van der Waals surface area contributed by atoms with Gasteiger partial charge in [-0.05, 0) is 48.4 Å². The Morgan fingerprint density at radius 1 is 1.17 bits per heavy atom. The molecule has 1 aliphatic heterocycles. The number of amidine groups is 1. The van der Waals surface area contributed by atoms with Crippen molar-refractivity contribution in [2.75, 3.05) is 7.11 Å². The van der Waals surface area contributed by atoms with E-state index < -0.39 is 0 Å². The quantitative estimate of drug-likeness (QED) is 0.936. The normalized spacial score (nSPS) is 19.0. The van der Waals surface area contributed by atoms with Crippen LogP contribution in [0.25, 0.3) is 0 Å². The molecule has 3 rings (SSSR count). The largest absolute Gasteiger partial charge is 0.497 e. The Labute approximate surface area is 137 Å². The van der Waals surface area contributed by atoms with Crippen LogP contribution in [0.3, 0.4) is 0 Å². The van der Waals surface area contributed by atoms with Crippen LogP contribution in [0.2, 0.25) is 0 Å². The maximum absolute atomic E-state index is 12.9. The van der Waals surface area contributed by atoms with Gasteiger partial charge in [-0.1, -0.05) is 23.9 Å². The number of hydrogen-bond acceptors (Lipinski definition) is 4. The SMILES string of the molecule is COc1ccc(N=C2NC(=O)C(Cc3ccc(F)cc3)S2)cc1. The van der Waals surface area contributed by atoms with Gasteiger partial charge in [-0.15, -0.1) is 0 Å². The van der Waals surface area contributed by atoms with Crippen molar-refractivity contribution in [2.24, 2.45) is 4.99 Å². The maximum Gasteiger partial charge on any atom is 0.239 e. The van der Waals surface area contributed by atoms with Crippen molar-refractivity contribution < 1.29 is 13.9 Å². The molecule has 0 radical (unpaired) electrons. The monoisotopic (exact) mass is 330 g/mol. The minimum absolute atomic E-state index is 0.0772. The van der Waals surface area contributed by atoms with E-state index in [0.29, 0.717) is 11.6 Å². The van der Waals surface area contributed by atoms with Gasteiger partial charge >= 0.3 is 0 Å². The van der Waals surface area contributed by atoms with Gasteiger partial charge < -0.3 is 10.1 Å². The van der Waals surface area contributed by atoms with Crippen molar-refractivity contribution in [1.29, 1.82) is 0 Å². The summed E-state index contributed by atoms with van der Waals surface area (Å²) in [6, 6.07) is 13.5. The first-order valence-electron chi connectivity index (χ1n) is 7.09. The molecule has 118 valence electrons. The molecule has 0 aromatic heterocycles. The lowest BCUT2D eigenvalue weighted by molar-refractivity contribution is -0.118. The zero-order valence-corrected chi connectivity index (χ0v) is 13.3. The van der Waals surface area contributed by atoms with Crippen LogP contribution in [0.15, 0.2) is 53.5 Å². The van der Waals surface area contributed by atoms with Crippen LogP contribution in [0.4, 0.5) is 10.1 Å². The standard InChI is InChI=1S/C17H15FN2O2S/c1-22-14-8-6-13(7-9-14)19-17-20-16(21)15(23-17)10-11-2-4-12(18)5-3-11/h2-9,15H,10H2,1H3,(H,19,20,21). The number of methoxy groups -OCH3 is 1. The summed E-state index contributed by atoms with van der Waals surface area (Å²) in [5, 5.41) is 3.11. The number of thioether (sulfide) groups is 1. The summed E-state index contributed by atoms with van der Waals surface area (Å²) >= 11 is 1.39. The first-order valence-corrected chi connectivity index (χ1v) is 7.97. The summed E-state index contributed by atoms with van der Waals surface area (Å²) in [7, 11) is 1.61. The molecule has 0 saturated carbocycles. The average Bonchev–Trinajstić information content (AvgIpc) is 2.90. The minimum Gasteiger partial charge on any atom is -0.497 e. The van der Waals surface area contributed by atoms with E-state index in [2.05, 4.69) is 10.3 Å². The fourth-order valence-electron chi connectivity index (χ4n) is 2.20. The van der Waals surface area contributed by atoms with Crippen molar-refractivity contribution in [3.05, 3.63) is 59.9 Å². The fourth-order valence-corrected chi connectivity index (χ4v) is 3.23. The predicted octanol–water partition coefficient (Wildman–Crippen LogP) is 3.30. The van der Waals surface area contributed by atoms with Gasteiger partial charge in [0.05, 0.1) is 18.0 Å². The number of aliphatic imine (C=N–C) groups is 1. The Morgan fingerprint density at radius 2 is 1.87 bits per heavy atom. The first kappa shape index (κ1) is 15.6. The van der Waals surface area contributed by atoms with Crippen molar-refractivity contribution >= 4 is 28.5 Å². The lowest BCUT2D eigenvalue weighted by Gasteiger charge is -2.05. The molecule has 6 heteroatoms. The number of ether oxygens (including phenoxy) is 1. The van der Waals surface area contributed by atoms with Crippen molar-refractivity contribution in [2.45, 2.75) is 11.7 Å². The molecule has 0 spiro atoms. The topological polar surface area (TPSA) is 50.7 Å². The number of amides is 1. The van der Waals surface area contributed by atoms with Gasteiger partial charge in [0, 0.05) is 0 Å². The zero-order chi connectivity index (χ0) is 16.2. The van der Waals surface area contributed by atoms with E-state index in [1.807, 2.05) is 24.3 Å². The molecule has 1 fully saturated rings. The van der Waals surface area contributed by atoms with E-state index in [1.165, 1.54) is 23.9 Å². The van der Waals surface area contributed by atoms with Gasteiger partial charge in [-0.2, -0.15) is 0 Å². The molecule has 23 heavy (non-hydrogen) atoms. The average molecular weight is 330 g/mol. The molecule has 1 amide bonds. The van der Waals surface area contributed by atoms with E-state index in [4.69, 9.17) is 4.74 Å². The highest BCUT2D eigenvalue weighted by atomic mass is 32.2. The van der Waals surface area contributed by atoms with Gasteiger partial charge in [-0.25, -0.2) is 9.38 Å². The number of rotatable bonds is 4. The predicted molar refractivity (Wildman–Crippen MR) is 89.7 cm³/mol. The zero-order valence-electron chi connectivity index (χ0n) is 12.5.